The molecule has 0 bridgehead atoms. The summed E-state index contributed by atoms with van der Waals surface area (Å²) in [4.78, 5) is 20.6. The van der Waals surface area contributed by atoms with E-state index >= 15 is 0 Å². The van der Waals surface area contributed by atoms with Crippen molar-refractivity contribution in [1.82, 2.24) is 0 Å². The van der Waals surface area contributed by atoms with Crippen LogP contribution in [0.1, 0.15) is 20.7 Å². The van der Waals surface area contributed by atoms with Gasteiger partial charge in [0.2, 0.25) is 0 Å². The Bertz CT molecular complexity index is 465. The van der Waals surface area contributed by atoms with Crippen molar-refractivity contribution < 1.29 is 92.1 Å². The first-order valence-electron chi connectivity index (χ1n) is 3.46. The van der Waals surface area contributed by atoms with Crippen LogP contribution in [0.25, 0.3) is 0 Å². The molecule has 1 rings (SSSR count). The minimum absolute atomic E-state index is 0. The van der Waals surface area contributed by atoms with E-state index in [-0.39, 0.29) is 65.2 Å². The molecule has 1 aromatic rings. The zero-order chi connectivity index (χ0) is 11.7. The summed E-state index contributed by atoms with van der Waals surface area (Å²) in [6, 6.07) is 0.0128. The quantitative estimate of drug-likeness (QED) is 0.392. The standard InChI is InChI=1S/C8H3F3O4.2Na/c9-3-1-2(7(12)13)4(8(14)15)6(11)5(3)10;;/h1H,(H,12,13)(H,14,15);;/q;2*+1/p-2. The zero-order valence-electron chi connectivity index (χ0n) is 8.84. The fourth-order valence-electron chi connectivity index (χ4n) is 0.956. The van der Waals surface area contributed by atoms with E-state index in [4.69, 9.17) is 0 Å². The second-order valence-electron chi connectivity index (χ2n) is 2.48. The number of carbonyl (C=O) groups is 2. The molecule has 0 saturated heterocycles. The molecule has 0 atom stereocenters. The molecule has 0 spiro atoms. The maximum absolute atomic E-state index is 12.8. The molecule has 0 heterocycles. The van der Waals surface area contributed by atoms with Gasteiger partial charge in [-0.2, -0.15) is 0 Å². The summed E-state index contributed by atoms with van der Waals surface area (Å²) >= 11 is 0. The summed E-state index contributed by atoms with van der Waals surface area (Å²) in [6.07, 6.45) is 0. The van der Waals surface area contributed by atoms with Gasteiger partial charge in [-0.25, -0.2) is 13.2 Å². The van der Waals surface area contributed by atoms with Crippen LogP contribution < -0.4 is 69.3 Å². The fourth-order valence-corrected chi connectivity index (χ4v) is 0.956. The van der Waals surface area contributed by atoms with Gasteiger partial charge in [-0.05, 0) is 6.07 Å². The zero-order valence-corrected chi connectivity index (χ0v) is 12.8. The van der Waals surface area contributed by atoms with Crippen LogP contribution in [0.15, 0.2) is 6.07 Å². The Morgan fingerprint density at radius 3 is 1.76 bits per heavy atom. The van der Waals surface area contributed by atoms with Crippen LogP contribution in [0.3, 0.4) is 0 Å². The number of halogens is 3. The Kier molecular flexibility index (Phi) is 8.40. The van der Waals surface area contributed by atoms with Gasteiger partial charge >= 0.3 is 59.1 Å². The smallest absolute Gasteiger partial charge is 0.545 e. The third kappa shape index (κ3) is 3.97. The third-order valence-corrected chi connectivity index (χ3v) is 1.59. The first-order chi connectivity index (χ1) is 6.86. The molecule has 1 aromatic carbocycles. The first kappa shape index (κ1) is 19.3. The maximum Gasteiger partial charge on any atom is 1.00 e. The van der Waals surface area contributed by atoms with Crippen LogP contribution in [0.4, 0.5) is 13.2 Å². The molecular weight excluding hydrogens is 263 g/mol. The SMILES string of the molecule is O=C([O-])c1cc(F)c(F)c(F)c1C(=O)[O-].[Na+].[Na+]. The van der Waals surface area contributed by atoms with Crippen LogP contribution in [-0.4, -0.2) is 11.9 Å². The van der Waals surface area contributed by atoms with Crippen LogP contribution in [0.2, 0.25) is 0 Å². The normalized spacial score (nSPS) is 8.88. The largest absolute Gasteiger partial charge is 1.00 e. The molecule has 0 aliphatic rings. The van der Waals surface area contributed by atoms with Gasteiger partial charge in [0.25, 0.3) is 0 Å². The topological polar surface area (TPSA) is 80.3 Å². The van der Waals surface area contributed by atoms with Crippen molar-refractivity contribution in [3.63, 3.8) is 0 Å². The molecule has 0 fully saturated rings. The summed E-state index contributed by atoms with van der Waals surface area (Å²) < 4.78 is 37.9. The van der Waals surface area contributed by atoms with Crippen LogP contribution in [0.5, 0.6) is 0 Å². The fraction of sp³-hybridized carbons (Fsp3) is 0. The van der Waals surface area contributed by atoms with E-state index in [1.54, 1.807) is 0 Å². The van der Waals surface area contributed by atoms with Crippen molar-refractivity contribution in [3.8, 4) is 0 Å². The van der Waals surface area contributed by atoms with Crippen LogP contribution in [-0.2, 0) is 0 Å². The van der Waals surface area contributed by atoms with Crippen molar-refractivity contribution in [2.24, 2.45) is 0 Å². The maximum atomic E-state index is 12.8. The molecule has 0 aliphatic heterocycles. The van der Waals surface area contributed by atoms with Crippen molar-refractivity contribution in [1.29, 1.82) is 0 Å². The molecule has 4 nitrogen and oxygen atoms in total. The molecule has 0 unspecified atom stereocenters. The number of aromatic carboxylic acids is 2. The van der Waals surface area contributed by atoms with Gasteiger partial charge in [0, 0.05) is 11.1 Å². The molecule has 0 N–H and O–H groups in total. The third-order valence-electron chi connectivity index (χ3n) is 1.59. The average Bonchev–Trinajstić information content (AvgIpc) is 2.12. The number of hydrogen-bond acceptors (Lipinski definition) is 4. The Morgan fingerprint density at radius 2 is 1.41 bits per heavy atom. The Morgan fingerprint density at radius 1 is 0.941 bits per heavy atom. The summed E-state index contributed by atoms with van der Waals surface area (Å²) in [5.74, 6) is -10.5. The second-order valence-corrected chi connectivity index (χ2v) is 2.48. The van der Waals surface area contributed by atoms with Gasteiger partial charge in [-0.1, -0.05) is 0 Å². The van der Waals surface area contributed by atoms with E-state index in [1.807, 2.05) is 0 Å². The van der Waals surface area contributed by atoms with E-state index in [2.05, 4.69) is 0 Å². The predicted octanol–water partition coefficient (Wildman–Crippen LogP) is -7.16. The van der Waals surface area contributed by atoms with Crippen molar-refractivity contribution in [2.75, 3.05) is 0 Å². The monoisotopic (exact) mass is 264 g/mol. The second kappa shape index (κ2) is 7.40. The van der Waals surface area contributed by atoms with Crippen molar-refractivity contribution in [2.45, 2.75) is 0 Å². The summed E-state index contributed by atoms with van der Waals surface area (Å²) in [6.45, 7) is 0. The van der Waals surface area contributed by atoms with E-state index in [1.165, 1.54) is 0 Å². The summed E-state index contributed by atoms with van der Waals surface area (Å²) in [5.41, 5.74) is -2.89. The molecule has 0 saturated carbocycles. The molecule has 0 amide bonds. The van der Waals surface area contributed by atoms with Gasteiger partial charge < -0.3 is 19.8 Å². The van der Waals surface area contributed by atoms with E-state index in [0.717, 1.165) is 0 Å². The Balaban J connectivity index is 0. The minimum atomic E-state index is -2.27. The number of rotatable bonds is 2. The Labute approximate surface area is 137 Å². The number of carbonyl (C=O) groups excluding carboxylic acids is 2. The molecule has 17 heavy (non-hydrogen) atoms. The molecular formula is C8HF3Na2O4. The Hall–Kier alpha value is -0.0500. The predicted molar refractivity (Wildman–Crippen MR) is 35.0 cm³/mol. The summed E-state index contributed by atoms with van der Waals surface area (Å²) in [5, 5.41) is 20.6. The van der Waals surface area contributed by atoms with Gasteiger partial charge in [-0.3, -0.25) is 0 Å². The van der Waals surface area contributed by atoms with Gasteiger partial charge in [0.15, 0.2) is 17.5 Å². The molecule has 0 aromatic heterocycles. The molecule has 9 heteroatoms. The molecule has 80 valence electrons. The number of carboxylic acids is 2. The number of benzene rings is 1. The van der Waals surface area contributed by atoms with Crippen molar-refractivity contribution in [3.05, 3.63) is 34.6 Å². The van der Waals surface area contributed by atoms with Gasteiger partial charge in [0.05, 0.1) is 11.9 Å². The van der Waals surface area contributed by atoms with E-state index < -0.39 is 40.5 Å². The average molecular weight is 264 g/mol. The van der Waals surface area contributed by atoms with Crippen molar-refractivity contribution >= 4 is 11.9 Å². The van der Waals surface area contributed by atoms with Crippen LogP contribution in [0, 0.1) is 17.5 Å². The summed E-state index contributed by atoms with van der Waals surface area (Å²) in [7, 11) is 0. The first-order valence-corrected chi connectivity index (χ1v) is 3.46. The molecule has 0 radical (unpaired) electrons. The molecule has 0 aliphatic carbocycles. The van der Waals surface area contributed by atoms with E-state index in [0.29, 0.717) is 0 Å². The van der Waals surface area contributed by atoms with Crippen LogP contribution >= 0.6 is 0 Å². The minimum Gasteiger partial charge on any atom is -0.545 e. The number of hydrogen-bond donors (Lipinski definition) is 0. The van der Waals surface area contributed by atoms with Gasteiger partial charge in [-0.15, -0.1) is 0 Å². The number of carboxylic acid groups (broad SMARTS) is 2. The van der Waals surface area contributed by atoms with Gasteiger partial charge in [0.1, 0.15) is 0 Å². The van der Waals surface area contributed by atoms with E-state index in [9.17, 15) is 33.0 Å².